The summed E-state index contributed by atoms with van der Waals surface area (Å²) in [5, 5.41) is 3.01. The first-order valence-corrected chi connectivity index (χ1v) is 9.72. The normalized spacial score (nSPS) is 17.0. The van der Waals surface area contributed by atoms with E-state index in [1.54, 1.807) is 0 Å². The molecule has 3 rings (SSSR count). The van der Waals surface area contributed by atoms with E-state index in [2.05, 4.69) is 67.4 Å². The van der Waals surface area contributed by atoms with Crippen molar-refractivity contribution < 1.29 is 9.53 Å². The molecule has 4 nitrogen and oxygen atoms in total. The van der Waals surface area contributed by atoms with E-state index >= 15 is 0 Å². The van der Waals surface area contributed by atoms with Gasteiger partial charge in [0.15, 0.2) is 6.61 Å². The molecule has 0 spiro atoms. The van der Waals surface area contributed by atoms with Crippen molar-refractivity contribution in [2.45, 2.75) is 32.6 Å². The van der Waals surface area contributed by atoms with Crippen molar-refractivity contribution in [3.8, 4) is 5.75 Å². The number of anilines is 1. The number of benzene rings is 2. The molecule has 1 unspecified atom stereocenters. The second kappa shape index (κ2) is 8.47. The fourth-order valence-corrected chi connectivity index (χ4v) is 3.38. The summed E-state index contributed by atoms with van der Waals surface area (Å²) in [5.41, 5.74) is 2.63. The Morgan fingerprint density at radius 1 is 1.11 bits per heavy atom. The standard InChI is InChI=1S/C23H30N2O2/c1-23(2,3)19-9-11-21(12-10-19)27-17-22(26)24-15-18-13-14-25(16-18)20-7-5-4-6-8-20/h4-12,18H,13-17H2,1-3H3,(H,24,26). The first kappa shape index (κ1) is 19.3. The molecular formula is C23H30N2O2. The second-order valence-electron chi connectivity index (χ2n) is 8.30. The number of rotatable bonds is 6. The molecule has 1 aliphatic rings. The summed E-state index contributed by atoms with van der Waals surface area (Å²) in [6, 6.07) is 18.4. The van der Waals surface area contributed by atoms with Gasteiger partial charge in [0.25, 0.3) is 5.91 Å². The highest BCUT2D eigenvalue weighted by atomic mass is 16.5. The van der Waals surface area contributed by atoms with Gasteiger partial charge in [-0.3, -0.25) is 4.79 Å². The van der Waals surface area contributed by atoms with Crippen molar-refractivity contribution in [2.24, 2.45) is 5.92 Å². The number of para-hydroxylation sites is 1. The SMILES string of the molecule is CC(C)(C)c1ccc(OCC(=O)NCC2CCN(c3ccccc3)C2)cc1. The van der Waals surface area contributed by atoms with Crippen molar-refractivity contribution in [3.05, 3.63) is 60.2 Å². The van der Waals surface area contributed by atoms with Crippen molar-refractivity contribution in [3.63, 3.8) is 0 Å². The molecule has 144 valence electrons. The summed E-state index contributed by atoms with van der Waals surface area (Å²) in [7, 11) is 0. The number of nitrogens with one attached hydrogen (secondary N) is 1. The van der Waals surface area contributed by atoms with Crippen LogP contribution < -0.4 is 15.0 Å². The lowest BCUT2D eigenvalue weighted by Gasteiger charge is -2.19. The Labute approximate surface area is 162 Å². The van der Waals surface area contributed by atoms with Crippen molar-refractivity contribution >= 4 is 11.6 Å². The van der Waals surface area contributed by atoms with E-state index in [0.29, 0.717) is 12.5 Å². The average Bonchev–Trinajstić information content (AvgIpc) is 3.14. The Kier molecular flexibility index (Phi) is 6.04. The van der Waals surface area contributed by atoms with Crippen LogP contribution in [0.4, 0.5) is 5.69 Å². The highest BCUT2D eigenvalue weighted by Gasteiger charge is 2.23. The monoisotopic (exact) mass is 366 g/mol. The Morgan fingerprint density at radius 3 is 2.48 bits per heavy atom. The van der Waals surface area contributed by atoms with E-state index in [1.165, 1.54) is 11.3 Å². The van der Waals surface area contributed by atoms with Gasteiger partial charge in [-0.05, 0) is 47.6 Å². The third-order valence-electron chi connectivity index (χ3n) is 5.09. The fraction of sp³-hybridized carbons (Fsp3) is 0.435. The Bertz CT molecular complexity index is 735. The minimum atomic E-state index is -0.0620. The predicted molar refractivity (Wildman–Crippen MR) is 110 cm³/mol. The van der Waals surface area contributed by atoms with E-state index < -0.39 is 0 Å². The van der Waals surface area contributed by atoms with Crippen molar-refractivity contribution in [2.75, 3.05) is 31.1 Å². The van der Waals surface area contributed by atoms with E-state index in [9.17, 15) is 4.79 Å². The van der Waals surface area contributed by atoms with Crippen molar-refractivity contribution in [1.82, 2.24) is 5.32 Å². The zero-order valence-corrected chi connectivity index (χ0v) is 16.6. The zero-order valence-electron chi connectivity index (χ0n) is 16.6. The molecule has 0 saturated carbocycles. The molecule has 27 heavy (non-hydrogen) atoms. The Balaban J connectivity index is 1.39. The molecule has 1 fully saturated rings. The zero-order chi connectivity index (χ0) is 19.3. The summed E-state index contributed by atoms with van der Waals surface area (Å²) in [6.45, 7) is 9.33. The van der Waals surface area contributed by atoms with Gasteiger partial charge in [-0.2, -0.15) is 0 Å². The van der Waals surface area contributed by atoms with Gasteiger partial charge in [0.05, 0.1) is 0 Å². The van der Waals surface area contributed by atoms with Crippen LogP contribution in [0.25, 0.3) is 0 Å². The summed E-state index contributed by atoms with van der Waals surface area (Å²) < 4.78 is 5.62. The first-order valence-electron chi connectivity index (χ1n) is 9.72. The van der Waals surface area contributed by atoms with Crippen LogP contribution in [-0.2, 0) is 10.2 Å². The van der Waals surface area contributed by atoms with Crippen LogP contribution in [0.15, 0.2) is 54.6 Å². The van der Waals surface area contributed by atoms with Gasteiger partial charge in [-0.15, -0.1) is 0 Å². The van der Waals surface area contributed by atoms with Gasteiger partial charge in [0.2, 0.25) is 0 Å². The smallest absolute Gasteiger partial charge is 0.257 e. The molecule has 1 atom stereocenters. The van der Waals surface area contributed by atoms with E-state index in [4.69, 9.17) is 4.74 Å². The minimum Gasteiger partial charge on any atom is -0.484 e. The number of nitrogens with zero attached hydrogens (tertiary/aromatic N) is 1. The van der Waals surface area contributed by atoms with Gasteiger partial charge in [-0.25, -0.2) is 0 Å². The fourth-order valence-electron chi connectivity index (χ4n) is 3.38. The highest BCUT2D eigenvalue weighted by molar-refractivity contribution is 5.77. The molecule has 1 aliphatic heterocycles. The summed E-state index contributed by atoms with van der Waals surface area (Å²) in [6.07, 6.45) is 1.10. The van der Waals surface area contributed by atoms with Gasteiger partial charge in [0.1, 0.15) is 5.75 Å². The van der Waals surface area contributed by atoms with Crippen LogP contribution in [0.1, 0.15) is 32.8 Å². The van der Waals surface area contributed by atoms with Crippen LogP contribution >= 0.6 is 0 Å². The molecule has 0 aromatic heterocycles. The number of hydrogen-bond donors (Lipinski definition) is 1. The third-order valence-corrected chi connectivity index (χ3v) is 5.09. The molecule has 1 saturated heterocycles. The molecule has 2 aromatic carbocycles. The van der Waals surface area contributed by atoms with E-state index in [0.717, 1.165) is 25.3 Å². The van der Waals surface area contributed by atoms with Crippen LogP contribution in [0.2, 0.25) is 0 Å². The van der Waals surface area contributed by atoms with Crippen LogP contribution in [0, 0.1) is 5.92 Å². The lowest BCUT2D eigenvalue weighted by Crippen LogP contribution is -2.34. The molecule has 2 aromatic rings. The van der Waals surface area contributed by atoms with Gasteiger partial charge in [-0.1, -0.05) is 51.1 Å². The van der Waals surface area contributed by atoms with Gasteiger partial charge < -0.3 is 15.0 Å². The van der Waals surface area contributed by atoms with Gasteiger partial charge >= 0.3 is 0 Å². The van der Waals surface area contributed by atoms with Crippen LogP contribution in [0.5, 0.6) is 5.75 Å². The summed E-state index contributed by atoms with van der Waals surface area (Å²) in [5.74, 6) is 1.16. The number of carbonyl (C=O) groups excluding carboxylic acids is 1. The van der Waals surface area contributed by atoms with Crippen LogP contribution in [-0.4, -0.2) is 32.1 Å². The molecule has 1 amide bonds. The predicted octanol–water partition coefficient (Wildman–Crippen LogP) is 4.01. The molecule has 1 N–H and O–H groups in total. The maximum Gasteiger partial charge on any atom is 0.257 e. The number of carbonyl (C=O) groups is 1. The van der Waals surface area contributed by atoms with Crippen molar-refractivity contribution in [1.29, 1.82) is 0 Å². The largest absolute Gasteiger partial charge is 0.484 e. The summed E-state index contributed by atoms with van der Waals surface area (Å²) in [4.78, 5) is 14.5. The van der Waals surface area contributed by atoms with E-state index in [-0.39, 0.29) is 17.9 Å². The average molecular weight is 367 g/mol. The first-order chi connectivity index (χ1) is 12.9. The molecule has 0 bridgehead atoms. The van der Waals surface area contributed by atoms with Crippen LogP contribution in [0.3, 0.4) is 0 Å². The highest BCUT2D eigenvalue weighted by Crippen LogP contribution is 2.24. The lowest BCUT2D eigenvalue weighted by atomic mass is 9.87. The topological polar surface area (TPSA) is 41.6 Å². The van der Waals surface area contributed by atoms with E-state index in [1.807, 2.05) is 18.2 Å². The molecule has 1 heterocycles. The lowest BCUT2D eigenvalue weighted by molar-refractivity contribution is -0.123. The van der Waals surface area contributed by atoms with Gasteiger partial charge in [0, 0.05) is 25.3 Å². The Hall–Kier alpha value is -2.49. The second-order valence-corrected chi connectivity index (χ2v) is 8.30. The number of amides is 1. The molecular weight excluding hydrogens is 336 g/mol. The maximum atomic E-state index is 12.1. The number of hydrogen-bond acceptors (Lipinski definition) is 3. The minimum absolute atomic E-state index is 0.0595. The number of ether oxygens (including phenoxy) is 1. The maximum absolute atomic E-state index is 12.1. The molecule has 0 aliphatic carbocycles. The quantitative estimate of drug-likeness (QED) is 0.840. The summed E-state index contributed by atoms with van der Waals surface area (Å²) >= 11 is 0. The third kappa shape index (κ3) is 5.49. The molecule has 0 radical (unpaired) electrons. The Morgan fingerprint density at radius 2 is 1.81 bits per heavy atom. The molecule has 4 heteroatoms.